The Morgan fingerprint density at radius 1 is 1.33 bits per heavy atom. The summed E-state index contributed by atoms with van der Waals surface area (Å²) in [5.41, 5.74) is 1.30. The Balaban J connectivity index is 1.61. The Labute approximate surface area is 177 Å². The van der Waals surface area contributed by atoms with E-state index in [1.165, 1.54) is 22.8 Å². The molecule has 1 aliphatic heterocycles. The van der Waals surface area contributed by atoms with Crippen molar-refractivity contribution >= 4 is 17.5 Å². The van der Waals surface area contributed by atoms with Crippen LogP contribution < -0.4 is 10.9 Å². The van der Waals surface area contributed by atoms with E-state index >= 15 is 0 Å². The van der Waals surface area contributed by atoms with E-state index in [9.17, 15) is 14.3 Å². The topological polar surface area (TPSA) is 89.3 Å². The summed E-state index contributed by atoms with van der Waals surface area (Å²) in [4.78, 5) is 21.5. The third-order valence-corrected chi connectivity index (χ3v) is 5.31. The van der Waals surface area contributed by atoms with Gasteiger partial charge in [0.25, 0.3) is 5.56 Å². The van der Waals surface area contributed by atoms with Crippen LogP contribution >= 0.6 is 11.6 Å². The summed E-state index contributed by atoms with van der Waals surface area (Å²) < 4.78 is 20.5. The number of rotatable bonds is 6. The van der Waals surface area contributed by atoms with E-state index in [1.807, 2.05) is 0 Å². The lowest BCUT2D eigenvalue weighted by Crippen LogP contribution is -2.27. The Hall–Kier alpha value is -2.81. The molecule has 7 nitrogen and oxygen atoms in total. The van der Waals surface area contributed by atoms with Gasteiger partial charge in [-0.3, -0.25) is 4.79 Å². The molecule has 156 valence electrons. The van der Waals surface area contributed by atoms with Crippen LogP contribution in [0.5, 0.6) is 0 Å². The summed E-state index contributed by atoms with van der Waals surface area (Å²) >= 11 is 5.73. The van der Waals surface area contributed by atoms with Crippen molar-refractivity contribution in [3.8, 4) is 11.3 Å². The molecule has 1 unspecified atom stereocenters. The molecule has 0 spiro atoms. The molecule has 0 aliphatic carbocycles. The van der Waals surface area contributed by atoms with Gasteiger partial charge >= 0.3 is 0 Å². The first-order chi connectivity index (χ1) is 14.5. The number of aliphatic hydroxyl groups excluding tert-OH is 1. The third-order valence-electron chi connectivity index (χ3n) is 5.00. The molecule has 1 aliphatic rings. The van der Waals surface area contributed by atoms with Crippen molar-refractivity contribution in [3.05, 3.63) is 75.5 Å². The summed E-state index contributed by atoms with van der Waals surface area (Å²) in [7, 11) is 0. The Kier molecular flexibility index (Phi) is 6.08. The normalized spacial score (nSPS) is 17.1. The molecule has 0 bridgehead atoms. The van der Waals surface area contributed by atoms with Gasteiger partial charge in [0.2, 0.25) is 5.95 Å². The van der Waals surface area contributed by atoms with Gasteiger partial charge in [-0.15, -0.1) is 0 Å². The molecule has 30 heavy (non-hydrogen) atoms. The van der Waals surface area contributed by atoms with Gasteiger partial charge in [0.1, 0.15) is 5.82 Å². The van der Waals surface area contributed by atoms with E-state index in [1.54, 1.807) is 30.6 Å². The molecule has 1 aromatic carbocycles. The maximum Gasteiger partial charge on any atom is 0.251 e. The highest BCUT2D eigenvalue weighted by atomic mass is 35.5. The number of hydrogen-bond acceptors (Lipinski definition) is 6. The predicted octanol–water partition coefficient (Wildman–Crippen LogP) is 2.88. The molecule has 2 aromatic heterocycles. The highest BCUT2D eigenvalue weighted by Gasteiger charge is 2.18. The molecular formula is C21H20ClFN4O3. The van der Waals surface area contributed by atoms with Gasteiger partial charge in [0.15, 0.2) is 0 Å². The lowest BCUT2D eigenvalue weighted by atomic mass is 10.1. The minimum atomic E-state index is -0.733. The van der Waals surface area contributed by atoms with Gasteiger partial charge in [0, 0.05) is 30.6 Å². The summed E-state index contributed by atoms with van der Waals surface area (Å²) in [6, 6.07) is 8.51. The van der Waals surface area contributed by atoms with Crippen molar-refractivity contribution < 1.29 is 14.2 Å². The molecule has 2 N–H and O–H groups in total. The molecule has 1 fully saturated rings. The Morgan fingerprint density at radius 2 is 2.20 bits per heavy atom. The fourth-order valence-corrected chi connectivity index (χ4v) is 3.52. The number of halogens is 2. The number of ether oxygens (including phenoxy) is 1. The molecular weight excluding hydrogens is 411 g/mol. The summed E-state index contributed by atoms with van der Waals surface area (Å²) in [6.45, 7) is 0.946. The second-order valence-corrected chi connectivity index (χ2v) is 7.41. The average molecular weight is 431 g/mol. The minimum Gasteiger partial charge on any atom is -0.394 e. The van der Waals surface area contributed by atoms with Crippen molar-refractivity contribution in [2.75, 3.05) is 25.1 Å². The van der Waals surface area contributed by atoms with E-state index in [-0.39, 0.29) is 23.2 Å². The average Bonchev–Trinajstić information content (AvgIpc) is 3.25. The van der Waals surface area contributed by atoms with Gasteiger partial charge in [0.05, 0.1) is 36.0 Å². The van der Waals surface area contributed by atoms with Crippen LogP contribution in [0.25, 0.3) is 11.3 Å². The number of anilines is 1. The summed E-state index contributed by atoms with van der Waals surface area (Å²) in [5.74, 6) is -0.136. The molecule has 0 radical (unpaired) electrons. The van der Waals surface area contributed by atoms with E-state index in [2.05, 4.69) is 15.3 Å². The maximum atomic E-state index is 13.8. The zero-order valence-electron chi connectivity index (χ0n) is 16.0. The van der Waals surface area contributed by atoms with E-state index < -0.39 is 11.9 Å². The fourth-order valence-electron chi connectivity index (χ4n) is 3.40. The molecule has 1 saturated heterocycles. The quantitative estimate of drug-likeness (QED) is 0.625. The number of aliphatic hydroxyl groups is 1. The molecule has 0 saturated carbocycles. The Bertz CT molecular complexity index is 1100. The molecule has 0 amide bonds. The number of nitrogens with one attached hydrogen (secondary N) is 1. The first-order valence-electron chi connectivity index (χ1n) is 9.51. The first kappa shape index (κ1) is 20.5. The molecule has 4 rings (SSSR count). The number of pyridine rings is 1. The summed E-state index contributed by atoms with van der Waals surface area (Å²) in [6.07, 6.45) is 4.07. The van der Waals surface area contributed by atoms with Gasteiger partial charge < -0.3 is 19.7 Å². The second-order valence-electron chi connectivity index (χ2n) is 7.00. The van der Waals surface area contributed by atoms with E-state index in [0.717, 1.165) is 6.42 Å². The molecule has 3 heterocycles. The highest BCUT2D eigenvalue weighted by Crippen LogP contribution is 2.23. The zero-order valence-corrected chi connectivity index (χ0v) is 16.7. The van der Waals surface area contributed by atoms with E-state index in [4.69, 9.17) is 16.3 Å². The van der Waals surface area contributed by atoms with Gasteiger partial charge in [-0.2, -0.15) is 0 Å². The lowest BCUT2D eigenvalue weighted by Gasteiger charge is -2.18. The maximum absolute atomic E-state index is 13.8. The van der Waals surface area contributed by atoms with Crippen LogP contribution in [0.15, 0.2) is 53.6 Å². The van der Waals surface area contributed by atoms with Crippen LogP contribution in [-0.2, 0) is 4.74 Å². The Morgan fingerprint density at radius 3 is 2.90 bits per heavy atom. The number of benzene rings is 1. The van der Waals surface area contributed by atoms with Crippen LogP contribution in [0.1, 0.15) is 18.0 Å². The van der Waals surface area contributed by atoms with Crippen LogP contribution in [0.2, 0.25) is 5.02 Å². The monoisotopic (exact) mass is 430 g/mol. The SMILES string of the molecule is O=c1cc(-c2ccnc(NC3CCOC3)n2)ccn1[C@H](CO)c1ccc(Cl)c(F)c1. The molecule has 2 atom stereocenters. The van der Waals surface area contributed by atoms with Crippen LogP contribution in [0, 0.1) is 5.82 Å². The zero-order chi connectivity index (χ0) is 21.1. The van der Waals surface area contributed by atoms with Gasteiger partial charge in [-0.1, -0.05) is 17.7 Å². The molecule has 3 aromatic rings. The van der Waals surface area contributed by atoms with Gasteiger partial charge in [-0.05, 0) is 36.2 Å². The van der Waals surface area contributed by atoms with E-state index in [0.29, 0.717) is 36.0 Å². The number of hydrogen-bond donors (Lipinski definition) is 2. The van der Waals surface area contributed by atoms with Crippen LogP contribution in [0.3, 0.4) is 0 Å². The van der Waals surface area contributed by atoms with Crippen molar-refractivity contribution in [3.63, 3.8) is 0 Å². The predicted molar refractivity (Wildman–Crippen MR) is 111 cm³/mol. The van der Waals surface area contributed by atoms with Crippen LogP contribution in [0.4, 0.5) is 10.3 Å². The van der Waals surface area contributed by atoms with Crippen molar-refractivity contribution in [1.82, 2.24) is 14.5 Å². The van der Waals surface area contributed by atoms with Crippen LogP contribution in [-0.4, -0.2) is 45.5 Å². The number of aromatic nitrogens is 3. The van der Waals surface area contributed by atoms with Gasteiger partial charge in [-0.25, -0.2) is 14.4 Å². The smallest absolute Gasteiger partial charge is 0.251 e. The summed E-state index contributed by atoms with van der Waals surface area (Å²) in [5, 5.41) is 13.0. The number of nitrogens with zero attached hydrogens (tertiary/aromatic N) is 3. The second kappa shape index (κ2) is 8.91. The highest BCUT2D eigenvalue weighted by molar-refractivity contribution is 6.30. The first-order valence-corrected chi connectivity index (χ1v) is 9.88. The minimum absolute atomic E-state index is 0.0181. The fraction of sp³-hybridized carbons (Fsp3) is 0.286. The lowest BCUT2D eigenvalue weighted by molar-refractivity contribution is 0.195. The standard InChI is InChI=1S/C21H20ClFN4O3/c22-16-2-1-14(9-17(16)23)19(11-28)27-7-4-13(10-20(27)29)18-3-6-24-21(26-18)25-15-5-8-30-12-15/h1-4,6-7,9-10,15,19,28H,5,8,11-12H2,(H,24,25,26)/t15?,19-/m1/s1. The van der Waals surface area contributed by atoms with Crippen molar-refractivity contribution in [2.45, 2.75) is 18.5 Å². The third kappa shape index (κ3) is 4.35. The van der Waals surface area contributed by atoms with Crippen molar-refractivity contribution in [1.29, 1.82) is 0 Å². The molecule has 9 heteroatoms. The van der Waals surface area contributed by atoms with Crippen molar-refractivity contribution in [2.24, 2.45) is 0 Å². The largest absolute Gasteiger partial charge is 0.394 e.